The lowest BCUT2D eigenvalue weighted by atomic mass is 10.2. The molecule has 6 heteroatoms. The van der Waals surface area contributed by atoms with E-state index in [-0.39, 0.29) is 6.04 Å². The molecule has 5 nitrogen and oxygen atoms in total. The highest BCUT2D eigenvalue weighted by Crippen LogP contribution is 2.22. The van der Waals surface area contributed by atoms with Crippen molar-refractivity contribution >= 4 is 11.3 Å². The molecule has 102 valence electrons. The Kier molecular flexibility index (Phi) is 4.02. The van der Waals surface area contributed by atoms with Crippen molar-refractivity contribution in [3.05, 3.63) is 35.5 Å². The Hall–Kier alpha value is -1.81. The summed E-state index contributed by atoms with van der Waals surface area (Å²) < 4.78 is 0. The first kappa shape index (κ1) is 13.2. The van der Waals surface area contributed by atoms with Crippen LogP contribution in [0.1, 0.15) is 5.69 Å². The predicted octanol–water partition coefficient (Wildman–Crippen LogP) is 1.50. The topological polar surface area (TPSA) is 64.8 Å². The summed E-state index contributed by atoms with van der Waals surface area (Å²) in [5.74, 6) is 0. The van der Waals surface area contributed by atoms with Crippen LogP contribution in [0.2, 0.25) is 0 Å². The molecule has 0 aliphatic carbocycles. The maximum absolute atomic E-state index is 9.16. The largest absolute Gasteiger partial charge is 0.313 e. The average molecular weight is 285 g/mol. The molecule has 1 saturated heterocycles. The lowest BCUT2D eigenvalue weighted by Crippen LogP contribution is -2.50. The SMILES string of the molecule is N#CC1CNCCN1Cc1csc(-c2ccccn2)n1. The Balaban J connectivity index is 1.73. The molecule has 1 unspecified atom stereocenters. The minimum atomic E-state index is -0.0660. The van der Waals surface area contributed by atoms with Crippen LogP contribution in [-0.2, 0) is 6.54 Å². The van der Waals surface area contributed by atoms with Crippen molar-refractivity contribution in [2.45, 2.75) is 12.6 Å². The summed E-state index contributed by atoms with van der Waals surface area (Å²) in [6.45, 7) is 3.26. The standard InChI is InChI=1S/C14H15N5S/c15-7-12-8-16-5-6-19(12)9-11-10-20-14(18-11)13-3-1-2-4-17-13/h1-4,10,12,16H,5-6,8-9H2. The van der Waals surface area contributed by atoms with Gasteiger partial charge in [-0.3, -0.25) is 9.88 Å². The average Bonchev–Trinajstić information content (AvgIpc) is 2.97. The number of thiazole rings is 1. The molecule has 0 amide bonds. The molecular formula is C14H15N5S. The molecule has 3 rings (SSSR count). The number of hydrogen-bond acceptors (Lipinski definition) is 6. The molecule has 1 N–H and O–H groups in total. The molecule has 0 spiro atoms. The van der Waals surface area contributed by atoms with E-state index in [0.717, 1.165) is 42.6 Å². The highest BCUT2D eigenvalue weighted by Gasteiger charge is 2.22. The van der Waals surface area contributed by atoms with E-state index < -0.39 is 0 Å². The fourth-order valence-corrected chi connectivity index (χ4v) is 3.04. The third-order valence-corrected chi connectivity index (χ3v) is 4.22. The number of aromatic nitrogens is 2. The van der Waals surface area contributed by atoms with E-state index in [1.807, 2.05) is 18.2 Å². The minimum Gasteiger partial charge on any atom is -0.313 e. The van der Waals surface area contributed by atoms with E-state index in [0.29, 0.717) is 0 Å². The Morgan fingerprint density at radius 2 is 2.45 bits per heavy atom. The van der Waals surface area contributed by atoms with Crippen LogP contribution in [0.15, 0.2) is 29.8 Å². The van der Waals surface area contributed by atoms with Crippen LogP contribution in [0.25, 0.3) is 10.7 Å². The van der Waals surface area contributed by atoms with E-state index >= 15 is 0 Å². The van der Waals surface area contributed by atoms with Gasteiger partial charge in [-0.05, 0) is 12.1 Å². The molecule has 0 saturated carbocycles. The summed E-state index contributed by atoms with van der Waals surface area (Å²) in [5, 5.41) is 15.4. The number of nitrogens with zero attached hydrogens (tertiary/aromatic N) is 4. The van der Waals surface area contributed by atoms with Gasteiger partial charge in [0.05, 0.1) is 17.5 Å². The smallest absolute Gasteiger partial charge is 0.142 e. The molecule has 3 heterocycles. The van der Waals surface area contributed by atoms with Gasteiger partial charge in [0.25, 0.3) is 0 Å². The highest BCUT2D eigenvalue weighted by molar-refractivity contribution is 7.13. The van der Waals surface area contributed by atoms with Gasteiger partial charge >= 0.3 is 0 Å². The quantitative estimate of drug-likeness (QED) is 0.926. The zero-order valence-electron chi connectivity index (χ0n) is 11.0. The highest BCUT2D eigenvalue weighted by atomic mass is 32.1. The first-order valence-corrected chi connectivity index (χ1v) is 7.45. The molecule has 0 radical (unpaired) electrons. The van der Waals surface area contributed by atoms with Gasteiger partial charge in [0, 0.05) is 37.8 Å². The normalized spacial score (nSPS) is 19.6. The van der Waals surface area contributed by atoms with Crippen LogP contribution in [-0.4, -0.2) is 40.5 Å². The van der Waals surface area contributed by atoms with Crippen molar-refractivity contribution in [2.75, 3.05) is 19.6 Å². The van der Waals surface area contributed by atoms with Crippen LogP contribution in [0.4, 0.5) is 0 Å². The van der Waals surface area contributed by atoms with Crippen molar-refractivity contribution in [2.24, 2.45) is 0 Å². The number of nitrogens with one attached hydrogen (secondary N) is 1. The van der Waals surface area contributed by atoms with Gasteiger partial charge in [-0.15, -0.1) is 11.3 Å². The van der Waals surface area contributed by atoms with Crippen molar-refractivity contribution < 1.29 is 0 Å². The number of hydrogen-bond donors (Lipinski definition) is 1. The fraction of sp³-hybridized carbons (Fsp3) is 0.357. The second-order valence-corrected chi connectivity index (χ2v) is 5.54. The number of nitriles is 1. The van der Waals surface area contributed by atoms with Gasteiger partial charge < -0.3 is 5.32 Å². The van der Waals surface area contributed by atoms with Gasteiger partial charge in [-0.25, -0.2) is 4.98 Å². The zero-order chi connectivity index (χ0) is 13.8. The van der Waals surface area contributed by atoms with Crippen LogP contribution in [0.3, 0.4) is 0 Å². The zero-order valence-corrected chi connectivity index (χ0v) is 11.8. The van der Waals surface area contributed by atoms with Crippen molar-refractivity contribution in [1.82, 2.24) is 20.2 Å². The summed E-state index contributed by atoms with van der Waals surface area (Å²) in [4.78, 5) is 11.1. The molecule has 1 aliphatic rings. The molecule has 0 bridgehead atoms. The Bertz CT molecular complexity index is 604. The molecular weight excluding hydrogens is 270 g/mol. The van der Waals surface area contributed by atoms with E-state index in [4.69, 9.17) is 5.26 Å². The number of piperazine rings is 1. The summed E-state index contributed by atoms with van der Waals surface area (Å²) in [6.07, 6.45) is 1.78. The lowest BCUT2D eigenvalue weighted by molar-refractivity contribution is 0.187. The molecule has 1 aliphatic heterocycles. The molecule has 1 fully saturated rings. The molecule has 0 aromatic carbocycles. The van der Waals surface area contributed by atoms with E-state index in [2.05, 4.69) is 31.6 Å². The maximum Gasteiger partial charge on any atom is 0.142 e. The van der Waals surface area contributed by atoms with E-state index in [1.165, 1.54) is 0 Å². The van der Waals surface area contributed by atoms with Crippen LogP contribution in [0.5, 0.6) is 0 Å². The minimum absolute atomic E-state index is 0.0660. The number of pyridine rings is 1. The van der Waals surface area contributed by atoms with Gasteiger partial charge in [0.2, 0.25) is 0 Å². The molecule has 2 aromatic rings. The first-order valence-electron chi connectivity index (χ1n) is 6.57. The van der Waals surface area contributed by atoms with Gasteiger partial charge in [0.15, 0.2) is 0 Å². The monoisotopic (exact) mass is 285 g/mol. The van der Waals surface area contributed by atoms with Crippen LogP contribution >= 0.6 is 11.3 Å². The van der Waals surface area contributed by atoms with Crippen LogP contribution in [0, 0.1) is 11.3 Å². The van der Waals surface area contributed by atoms with Gasteiger partial charge in [-0.1, -0.05) is 6.07 Å². The van der Waals surface area contributed by atoms with Crippen molar-refractivity contribution in [3.63, 3.8) is 0 Å². The Morgan fingerprint density at radius 3 is 3.25 bits per heavy atom. The second-order valence-electron chi connectivity index (χ2n) is 4.68. The van der Waals surface area contributed by atoms with Crippen molar-refractivity contribution in [3.8, 4) is 16.8 Å². The molecule has 2 aromatic heterocycles. The Morgan fingerprint density at radius 1 is 1.50 bits per heavy atom. The summed E-state index contributed by atoms with van der Waals surface area (Å²) >= 11 is 1.60. The Labute approximate surface area is 121 Å². The predicted molar refractivity (Wildman–Crippen MR) is 78.0 cm³/mol. The van der Waals surface area contributed by atoms with Gasteiger partial charge in [0.1, 0.15) is 11.0 Å². The van der Waals surface area contributed by atoms with Crippen molar-refractivity contribution in [1.29, 1.82) is 5.26 Å². The number of rotatable bonds is 3. The first-order chi connectivity index (χ1) is 9.86. The third-order valence-electron chi connectivity index (χ3n) is 3.30. The van der Waals surface area contributed by atoms with Gasteiger partial charge in [-0.2, -0.15) is 5.26 Å². The summed E-state index contributed by atoms with van der Waals surface area (Å²) in [5.41, 5.74) is 1.92. The molecule has 1 atom stereocenters. The van der Waals surface area contributed by atoms with E-state index in [1.54, 1.807) is 17.5 Å². The second kappa shape index (κ2) is 6.09. The van der Waals surface area contributed by atoms with E-state index in [9.17, 15) is 0 Å². The summed E-state index contributed by atoms with van der Waals surface area (Å²) in [6, 6.07) is 8.10. The van der Waals surface area contributed by atoms with Crippen LogP contribution < -0.4 is 5.32 Å². The molecule has 20 heavy (non-hydrogen) atoms. The summed E-state index contributed by atoms with van der Waals surface area (Å²) in [7, 11) is 0. The fourth-order valence-electron chi connectivity index (χ4n) is 2.26. The third kappa shape index (κ3) is 2.85. The maximum atomic E-state index is 9.16. The lowest BCUT2D eigenvalue weighted by Gasteiger charge is -2.31.